The molecule has 1 atom stereocenters. The van der Waals surface area contributed by atoms with Gasteiger partial charge < -0.3 is 15.2 Å². The van der Waals surface area contributed by atoms with E-state index < -0.39 is 17.8 Å². The lowest BCUT2D eigenvalue weighted by Gasteiger charge is -2.12. The molecular formula is C11H14FNO3. The standard InChI is InChI=1S/C11H14FNO3/c1-15-9-4-7(3-8(12)5-9)10(13)6-11(14)16-2/h3-5,10H,6,13H2,1-2H3. The number of rotatable bonds is 4. The molecule has 0 spiro atoms. The van der Waals surface area contributed by atoms with Gasteiger partial charge in [0.2, 0.25) is 0 Å². The van der Waals surface area contributed by atoms with Gasteiger partial charge in [-0.3, -0.25) is 4.79 Å². The highest BCUT2D eigenvalue weighted by molar-refractivity contribution is 5.70. The molecule has 1 aromatic rings. The molecule has 88 valence electrons. The maximum Gasteiger partial charge on any atom is 0.307 e. The molecule has 0 bridgehead atoms. The summed E-state index contributed by atoms with van der Waals surface area (Å²) in [7, 11) is 2.71. The first kappa shape index (κ1) is 12.4. The van der Waals surface area contributed by atoms with Crippen molar-refractivity contribution in [1.82, 2.24) is 0 Å². The molecule has 0 saturated heterocycles. The van der Waals surface area contributed by atoms with Crippen molar-refractivity contribution in [3.05, 3.63) is 29.6 Å². The zero-order valence-corrected chi connectivity index (χ0v) is 9.20. The second-order valence-electron chi connectivity index (χ2n) is 3.31. The summed E-state index contributed by atoms with van der Waals surface area (Å²) in [6.45, 7) is 0. The molecule has 1 unspecified atom stereocenters. The van der Waals surface area contributed by atoms with Gasteiger partial charge in [0.1, 0.15) is 11.6 Å². The summed E-state index contributed by atoms with van der Waals surface area (Å²) in [5.74, 6) is -0.513. The summed E-state index contributed by atoms with van der Waals surface area (Å²) >= 11 is 0. The van der Waals surface area contributed by atoms with Gasteiger partial charge >= 0.3 is 5.97 Å². The van der Waals surface area contributed by atoms with Crippen LogP contribution >= 0.6 is 0 Å². The Morgan fingerprint density at radius 2 is 2.12 bits per heavy atom. The van der Waals surface area contributed by atoms with Crippen molar-refractivity contribution in [2.45, 2.75) is 12.5 Å². The van der Waals surface area contributed by atoms with Crippen molar-refractivity contribution in [1.29, 1.82) is 0 Å². The Bertz CT molecular complexity index is 381. The molecule has 0 aliphatic rings. The Balaban J connectivity index is 2.86. The summed E-state index contributed by atoms with van der Waals surface area (Å²) in [4.78, 5) is 11.0. The fourth-order valence-electron chi connectivity index (χ4n) is 1.30. The zero-order chi connectivity index (χ0) is 12.1. The summed E-state index contributed by atoms with van der Waals surface area (Å²) in [6, 6.07) is 3.51. The van der Waals surface area contributed by atoms with Gasteiger partial charge in [-0.25, -0.2) is 4.39 Å². The molecule has 1 rings (SSSR count). The highest BCUT2D eigenvalue weighted by Gasteiger charge is 2.13. The number of esters is 1. The number of carbonyl (C=O) groups is 1. The lowest BCUT2D eigenvalue weighted by Crippen LogP contribution is -2.16. The van der Waals surface area contributed by atoms with Crippen LogP contribution in [0.15, 0.2) is 18.2 Å². The van der Waals surface area contributed by atoms with E-state index in [-0.39, 0.29) is 6.42 Å². The average molecular weight is 227 g/mol. The number of ether oxygens (including phenoxy) is 2. The van der Waals surface area contributed by atoms with Gasteiger partial charge in [0, 0.05) is 12.1 Å². The monoisotopic (exact) mass is 227 g/mol. The topological polar surface area (TPSA) is 61.5 Å². The number of halogens is 1. The molecule has 0 heterocycles. The van der Waals surface area contributed by atoms with E-state index in [1.807, 2.05) is 0 Å². The van der Waals surface area contributed by atoms with Crippen LogP contribution in [0.5, 0.6) is 5.75 Å². The highest BCUT2D eigenvalue weighted by Crippen LogP contribution is 2.22. The molecule has 0 aliphatic heterocycles. The van der Waals surface area contributed by atoms with Crippen molar-refractivity contribution in [3.63, 3.8) is 0 Å². The van der Waals surface area contributed by atoms with Gasteiger partial charge in [-0.1, -0.05) is 0 Å². The van der Waals surface area contributed by atoms with Crippen LogP contribution in [0.4, 0.5) is 4.39 Å². The van der Waals surface area contributed by atoms with E-state index in [0.717, 1.165) is 0 Å². The molecule has 2 N–H and O–H groups in total. The van der Waals surface area contributed by atoms with E-state index >= 15 is 0 Å². The fraction of sp³-hybridized carbons (Fsp3) is 0.364. The van der Waals surface area contributed by atoms with Crippen LogP contribution in [0.3, 0.4) is 0 Å². The largest absolute Gasteiger partial charge is 0.497 e. The molecule has 4 nitrogen and oxygen atoms in total. The average Bonchev–Trinajstić information content (AvgIpc) is 2.27. The third-order valence-electron chi connectivity index (χ3n) is 2.17. The first-order chi connectivity index (χ1) is 7.56. The Morgan fingerprint density at radius 1 is 1.44 bits per heavy atom. The van der Waals surface area contributed by atoms with Crippen LogP contribution in [0.2, 0.25) is 0 Å². The van der Waals surface area contributed by atoms with Crippen molar-refractivity contribution in [2.24, 2.45) is 5.73 Å². The van der Waals surface area contributed by atoms with Crippen LogP contribution < -0.4 is 10.5 Å². The van der Waals surface area contributed by atoms with Crippen LogP contribution in [-0.2, 0) is 9.53 Å². The van der Waals surface area contributed by atoms with E-state index in [1.54, 1.807) is 6.07 Å². The van der Waals surface area contributed by atoms with E-state index in [2.05, 4.69) is 4.74 Å². The summed E-state index contributed by atoms with van der Waals surface area (Å²) in [5.41, 5.74) is 6.24. The minimum absolute atomic E-state index is 0.00308. The molecule has 0 fully saturated rings. The van der Waals surface area contributed by atoms with Crippen LogP contribution in [0, 0.1) is 5.82 Å². The van der Waals surface area contributed by atoms with Crippen LogP contribution in [0.25, 0.3) is 0 Å². The van der Waals surface area contributed by atoms with E-state index in [0.29, 0.717) is 11.3 Å². The van der Waals surface area contributed by atoms with Crippen LogP contribution in [-0.4, -0.2) is 20.2 Å². The predicted octanol–water partition coefficient (Wildman–Crippen LogP) is 1.40. The van der Waals surface area contributed by atoms with Gasteiger partial charge in [0.05, 0.1) is 20.6 Å². The van der Waals surface area contributed by atoms with Crippen LogP contribution in [0.1, 0.15) is 18.0 Å². The second-order valence-corrected chi connectivity index (χ2v) is 3.31. The highest BCUT2D eigenvalue weighted by atomic mass is 19.1. The number of nitrogens with two attached hydrogens (primary N) is 1. The molecule has 1 aromatic carbocycles. The van der Waals surface area contributed by atoms with Crippen molar-refractivity contribution < 1.29 is 18.7 Å². The minimum Gasteiger partial charge on any atom is -0.497 e. The SMILES string of the molecule is COC(=O)CC(N)c1cc(F)cc(OC)c1. The van der Waals surface area contributed by atoms with E-state index in [4.69, 9.17) is 10.5 Å². The van der Waals surface area contributed by atoms with Gasteiger partial charge in [-0.2, -0.15) is 0 Å². The number of carbonyl (C=O) groups excluding carboxylic acids is 1. The fourth-order valence-corrected chi connectivity index (χ4v) is 1.30. The Kier molecular flexibility index (Phi) is 4.25. The number of hydrogen-bond acceptors (Lipinski definition) is 4. The first-order valence-electron chi connectivity index (χ1n) is 4.73. The van der Waals surface area contributed by atoms with Crippen molar-refractivity contribution >= 4 is 5.97 Å². The van der Waals surface area contributed by atoms with Gasteiger partial charge in [-0.05, 0) is 17.7 Å². The summed E-state index contributed by atoms with van der Waals surface area (Å²) < 4.78 is 22.5. The van der Waals surface area contributed by atoms with Gasteiger partial charge in [-0.15, -0.1) is 0 Å². The van der Waals surface area contributed by atoms with E-state index in [9.17, 15) is 9.18 Å². The Morgan fingerprint density at radius 3 is 2.69 bits per heavy atom. The zero-order valence-electron chi connectivity index (χ0n) is 9.20. The third kappa shape index (κ3) is 3.20. The van der Waals surface area contributed by atoms with Crippen molar-refractivity contribution in [3.8, 4) is 5.75 Å². The quantitative estimate of drug-likeness (QED) is 0.790. The predicted molar refractivity (Wildman–Crippen MR) is 56.5 cm³/mol. The Hall–Kier alpha value is -1.62. The molecule has 0 amide bonds. The van der Waals surface area contributed by atoms with E-state index in [1.165, 1.54) is 26.4 Å². The smallest absolute Gasteiger partial charge is 0.307 e. The second kappa shape index (κ2) is 5.46. The Labute approximate surface area is 93.2 Å². The normalized spacial score (nSPS) is 12.0. The lowest BCUT2D eigenvalue weighted by atomic mass is 10.0. The van der Waals surface area contributed by atoms with Gasteiger partial charge in [0.25, 0.3) is 0 Å². The molecule has 0 radical (unpaired) electrons. The molecule has 0 saturated carbocycles. The number of methoxy groups -OCH3 is 2. The van der Waals surface area contributed by atoms with Crippen molar-refractivity contribution in [2.75, 3.05) is 14.2 Å². The number of benzene rings is 1. The molecule has 0 aliphatic carbocycles. The third-order valence-corrected chi connectivity index (χ3v) is 2.17. The molecule has 0 aromatic heterocycles. The maximum atomic E-state index is 13.1. The lowest BCUT2D eigenvalue weighted by molar-refractivity contribution is -0.141. The maximum absolute atomic E-state index is 13.1. The molecular weight excluding hydrogens is 213 g/mol. The summed E-state index contributed by atoms with van der Waals surface area (Å²) in [6.07, 6.45) is 0.00308. The minimum atomic E-state index is -0.600. The molecule has 16 heavy (non-hydrogen) atoms. The summed E-state index contributed by atoms with van der Waals surface area (Å²) in [5, 5.41) is 0. The van der Waals surface area contributed by atoms with Gasteiger partial charge in [0.15, 0.2) is 0 Å². The first-order valence-corrected chi connectivity index (χ1v) is 4.73. The number of hydrogen-bond donors (Lipinski definition) is 1. The molecule has 5 heteroatoms.